The third kappa shape index (κ3) is 13.8. The van der Waals surface area contributed by atoms with Crippen LogP contribution >= 0.6 is 0 Å². The Morgan fingerprint density at radius 3 is 2.15 bits per heavy atom. The van der Waals surface area contributed by atoms with E-state index in [0.717, 1.165) is 43.7 Å². The highest BCUT2D eigenvalue weighted by Gasteiger charge is 2.41. The predicted octanol–water partition coefficient (Wildman–Crippen LogP) is 2.92. The molecule has 7 N–H and O–H groups in total. The number of nitrogens with one attached hydrogen (secondary N) is 4. The fourth-order valence-corrected chi connectivity index (χ4v) is 6.99. The molecular formula is C39H58N6O9. The summed E-state index contributed by atoms with van der Waals surface area (Å²) in [7, 11) is 0. The highest BCUT2D eigenvalue weighted by molar-refractivity contribution is 5.96. The number of benzene rings is 1. The van der Waals surface area contributed by atoms with Crippen LogP contribution in [0.25, 0.3) is 0 Å². The fourth-order valence-electron chi connectivity index (χ4n) is 6.99. The largest absolute Gasteiger partial charge is 0.478 e. The standard InChI is InChI=1S/C39H58N6O9/c1-24(2)22-29(36(50)44-33(34(40)48)27-16-9-6-10-17-27)41-37(51)30-19-13-21-45(30)38(52)32(25(3)4)43-35(49)28(18-11-12-20-31(46)47)42-39(53)54-23-26-14-7-5-8-15-26/h5,7-8,12,14-15,20,24-25,27-30,32-33H,6,9-11,13,16-19,21-23H2,1-4H3,(H2,40,48)(H,41,51)(H,42,53)(H,43,49)(H,44,50)(H,46,47)/t28?,29?,30-,32?,33?/m0/s1. The number of rotatable bonds is 19. The van der Waals surface area contributed by atoms with Crippen molar-refractivity contribution in [3.05, 3.63) is 48.0 Å². The molecule has 0 bridgehead atoms. The number of carboxylic acids is 1. The van der Waals surface area contributed by atoms with Crippen molar-refractivity contribution in [2.45, 2.75) is 129 Å². The minimum absolute atomic E-state index is 0.0143. The zero-order valence-corrected chi connectivity index (χ0v) is 31.9. The number of likely N-dealkylation sites (tertiary alicyclic amines) is 1. The van der Waals surface area contributed by atoms with E-state index in [1.54, 1.807) is 38.1 Å². The van der Waals surface area contributed by atoms with Gasteiger partial charge in [-0.15, -0.1) is 0 Å². The van der Waals surface area contributed by atoms with Gasteiger partial charge >= 0.3 is 12.1 Å². The molecule has 3 rings (SSSR count). The Kier molecular flexibility index (Phi) is 17.4. The van der Waals surface area contributed by atoms with Crippen LogP contribution in [0.4, 0.5) is 4.79 Å². The molecular weight excluding hydrogens is 696 g/mol. The molecule has 15 nitrogen and oxygen atoms in total. The Hall–Kier alpha value is -4.95. The normalized spacial score (nSPS) is 18.4. The summed E-state index contributed by atoms with van der Waals surface area (Å²) in [6.45, 7) is 7.50. The van der Waals surface area contributed by atoms with Gasteiger partial charge in [-0.2, -0.15) is 0 Å². The quantitative estimate of drug-likeness (QED) is 0.114. The number of nitrogens with zero attached hydrogens (tertiary/aromatic N) is 1. The van der Waals surface area contributed by atoms with Crippen molar-refractivity contribution in [1.82, 2.24) is 26.2 Å². The molecule has 1 aliphatic carbocycles. The van der Waals surface area contributed by atoms with Crippen LogP contribution in [0.5, 0.6) is 0 Å². The van der Waals surface area contributed by atoms with Crippen LogP contribution in [0.2, 0.25) is 0 Å². The van der Waals surface area contributed by atoms with Gasteiger partial charge in [0.1, 0.15) is 36.8 Å². The molecule has 54 heavy (non-hydrogen) atoms. The molecule has 1 saturated heterocycles. The zero-order valence-electron chi connectivity index (χ0n) is 31.9. The molecule has 4 unspecified atom stereocenters. The Balaban J connectivity index is 1.72. The SMILES string of the molecule is CC(C)CC(NC(=O)[C@@H]1CCCN1C(=O)C(NC(=O)C(CCC=CC(=O)O)NC(=O)OCc1ccccc1)C(C)C)C(=O)NC(C(N)=O)C1CCCCC1. The van der Waals surface area contributed by atoms with E-state index in [2.05, 4.69) is 21.3 Å². The molecule has 1 aliphatic heterocycles. The molecule has 2 aliphatic rings. The number of carbonyl (C=O) groups excluding carboxylic acids is 6. The molecule has 2 fully saturated rings. The number of allylic oxidation sites excluding steroid dienone is 1. The van der Waals surface area contributed by atoms with E-state index >= 15 is 0 Å². The lowest BCUT2D eigenvalue weighted by atomic mass is 9.83. The Bertz CT molecular complexity index is 1480. The minimum Gasteiger partial charge on any atom is -0.478 e. The number of aliphatic carboxylic acids is 1. The van der Waals surface area contributed by atoms with Crippen molar-refractivity contribution in [2.24, 2.45) is 23.5 Å². The van der Waals surface area contributed by atoms with Gasteiger partial charge in [-0.1, -0.05) is 83.4 Å². The first-order valence-electron chi connectivity index (χ1n) is 19.1. The summed E-state index contributed by atoms with van der Waals surface area (Å²) < 4.78 is 5.30. The number of hydrogen-bond acceptors (Lipinski definition) is 8. The summed E-state index contributed by atoms with van der Waals surface area (Å²) in [5.74, 6) is -4.46. The van der Waals surface area contributed by atoms with Gasteiger partial charge in [0.25, 0.3) is 0 Å². The van der Waals surface area contributed by atoms with Gasteiger partial charge in [-0.25, -0.2) is 9.59 Å². The Morgan fingerprint density at radius 2 is 1.54 bits per heavy atom. The van der Waals surface area contributed by atoms with Crippen molar-refractivity contribution in [1.29, 1.82) is 0 Å². The Morgan fingerprint density at radius 1 is 0.870 bits per heavy atom. The molecule has 1 saturated carbocycles. The average molecular weight is 755 g/mol. The van der Waals surface area contributed by atoms with Crippen LogP contribution in [0.1, 0.15) is 97.5 Å². The first kappa shape index (κ1) is 43.5. The monoisotopic (exact) mass is 754 g/mol. The lowest BCUT2D eigenvalue weighted by molar-refractivity contribution is -0.143. The zero-order chi connectivity index (χ0) is 39.8. The molecule has 1 aromatic carbocycles. The maximum absolute atomic E-state index is 14.1. The van der Waals surface area contributed by atoms with E-state index in [9.17, 15) is 33.6 Å². The topological polar surface area (TPSA) is 226 Å². The molecule has 5 atom stereocenters. The summed E-state index contributed by atoms with van der Waals surface area (Å²) >= 11 is 0. The number of carbonyl (C=O) groups is 7. The van der Waals surface area contributed by atoms with Gasteiger partial charge in [0.2, 0.25) is 29.5 Å². The number of alkyl carbamates (subject to hydrolysis) is 1. The van der Waals surface area contributed by atoms with Crippen molar-refractivity contribution < 1.29 is 43.4 Å². The van der Waals surface area contributed by atoms with Crippen LogP contribution < -0.4 is 27.0 Å². The maximum atomic E-state index is 14.1. The van der Waals surface area contributed by atoms with Crippen LogP contribution in [0, 0.1) is 17.8 Å². The van der Waals surface area contributed by atoms with E-state index < -0.39 is 77.7 Å². The molecule has 6 amide bonds. The van der Waals surface area contributed by atoms with Crippen molar-refractivity contribution in [3.8, 4) is 0 Å². The van der Waals surface area contributed by atoms with Crippen molar-refractivity contribution >= 4 is 41.6 Å². The van der Waals surface area contributed by atoms with E-state index in [0.29, 0.717) is 19.3 Å². The van der Waals surface area contributed by atoms with Gasteiger partial charge in [0, 0.05) is 12.6 Å². The maximum Gasteiger partial charge on any atom is 0.408 e. The molecule has 1 heterocycles. The molecule has 0 spiro atoms. The highest BCUT2D eigenvalue weighted by atomic mass is 16.5. The summed E-state index contributed by atoms with van der Waals surface area (Å²) in [5.41, 5.74) is 6.44. The van der Waals surface area contributed by atoms with Gasteiger partial charge in [0.05, 0.1) is 0 Å². The number of amides is 6. The van der Waals surface area contributed by atoms with Crippen molar-refractivity contribution in [2.75, 3.05) is 6.54 Å². The molecule has 0 aromatic heterocycles. The van der Waals surface area contributed by atoms with Crippen LogP contribution in [0.3, 0.4) is 0 Å². The minimum atomic E-state index is -1.17. The number of ether oxygens (including phenoxy) is 1. The third-order valence-corrected chi connectivity index (χ3v) is 9.84. The fraction of sp³-hybridized carbons (Fsp3) is 0.615. The smallest absolute Gasteiger partial charge is 0.408 e. The predicted molar refractivity (Wildman–Crippen MR) is 200 cm³/mol. The van der Waals surface area contributed by atoms with Crippen LogP contribution in [-0.4, -0.2) is 88.4 Å². The second-order valence-corrected chi connectivity index (χ2v) is 15.0. The summed E-state index contributed by atoms with van der Waals surface area (Å²) in [4.78, 5) is 92.6. The summed E-state index contributed by atoms with van der Waals surface area (Å²) in [6, 6.07) is 3.97. The number of hydrogen-bond donors (Lipinski definition) is 6. The van der Waals surface area contributed by atoms with E-state index in [-0.39, 0.29) is 37.8 Å². The van der Waals surface area contributed by atoms with Crippen LogP contribution in [0.15, 0.2) is 42.5 Å². The van der Waals surface area contributed by atoms with E-state index in [4.69, 9.17) is 15.6 Å². The number of carboxylic acid groups (broad SMARTS) is 1. The summed E-state index contributed by atoms with van der Waals surface area (Å²) in [5, 5.41) is 19.9. The second kappa shape index (κ2) is 21.7. The lowest BCUT2D eigenvalue weighted by Crippen LogP contribution is -2.60. The molecule has 15 heteroatoms. The first-order valence-corrected chi connectivity index (χ1v) is 19.1. The molecule has 0 radical (unpaired) electrons. The first-order chi connectivity index (χ1) is 25.7. The Labute approximate surface area is 317 Å². The highest BCUT2D eigenvalue weighted by Crippen LogP contribution is 2.27. The summed E-state index contributed by atoms with van der Waals surface area (Å²) in [6.07, 6.45) is 7.22. The van der Waals surface area contributed by atoms with E-state index in [1.165, 1.54) is 11.0 Å². The lowest BCUT2D eigenvalue weighted by Gasteiger charge is -2.33. The number of nitrogens with two attached hydrogens (primary N) is 1. The third-order valence-electron chi connectivity index (χ3n) is 9.84. The second-order valence-electron chi connectivity index (χ2n) is 15.0. The van der Waals surface area contributed by atoms with Gasteiger partial charge < -0.3 is 41.7 Å². The number of primary amides is 1. The van der Waals surface area contributed by atoms with Crippen molar-refractivity contribution in [3.63, 3.8) is 0 Å². The van der Waals surface area contributed by atoms with Gasteiger partial charge in [-0.05, 0) is 68.3 Å². The molecule has 1 aromatic rings. The van der Waals surface area contributed by atoms with Crippen LogP contribution in [-0.2, 0) is 40.1 Å². The molecule has 298 valence electrons. The average Bonchev–Trinajstić information content (AvgIpc) is 3.63. The van der Waals surface area contributed by atoms with E-state index in [1.807, 2.05) is 19.9 Å². The van der Waals surface area contributed by atoms with Gasteiger partial charge in [-0.3, -0.25) is 24.0 Å². The van der Waals surface area contributed by atoms with Gasteiger partial charge in [0.15, 0.2) is 0 Å².